The number of rotatable bonds is 9. The van der Waals surface area contributed by atoms with Crippen LogP contribution in [0.1, 0.15) is 30.4 Å². The minimum atomic E-state index is 0.742. The molecule has 0 radical (unpaired) electrons. The molecule has 4 heteroatoms. The topological polar surface area (TPSA) is 30.9 Å². The molecule has 4 aromatic carbocycles. The Morgan fingerprint density at radius 3 is 2.11 bits per heavy atom. The third kappa shape index (κ3) is 5.66. The van der Waals surface area contributed by atoms with E-state index in [9.17, 15) is 0 Å². The maximum atomic E-state index is 6.06. The number of hydrogen-bond donors (Lipinski definition) is 0. The van der Waals surface area contributed by atoms with Crippen molar-refractivity contribution >= 4 is 10.8 Å². The van der Waals surface area contributed by atoms with Crippen LogP contribution in [-0.4, -0.2) is 45.4 Å². The highest BCUT2D eigenvalue weighted by molar-refractivity contribution is 5.93. The molecule has 1 aliphatic heterocycles. The fourth-order valence-corrected chi connectivity index (χ4v) is 5.11. The Morgan fingerprint density at radius 2 is 1.39 bits per heavy atom. The highest BCUT2D eigenvalue weighted by atomic mass is 16.5. The first-order valence-electron chi connectivity index (χ1n) is 12.9. The smallest absolute Gasteiger partial charge is 0.119 e. The zero-order valence-corrected chi connectivity index (χ0v) is 21.3. The normalized spacial score (nSPS) is 14.1. The maximum Gasteiger partial charge on any atom is 0.119 e. The number of likely N-dealkylation sites (tertiary alicyclic amines) is 1. The van der Waals surface area contributed by atoms with Gasteiger partial charge >= 0.3 is 0 Å². The van der Waals surface area contributed by atoms with Crippen molar-refractivity contribution in [3.8, 4) is 28.4 Å². The highest BCUT2D eigenvalue weighted by Gasteiger charge is 2.13. The summed E-state index contributed by atoms with van der Waals surface area (Å²) in [5.41, 5.74) is 4.98. The van der Waals surface area contributed by atoms with Crippen LogP contribution >= 0.6 is 0 Å². The fraction of sp³-hybridized carbons (Fsp3) is 0.312. The Morgan fingerprint density at radius 1 is 0.694 bits per heavy atom. The van der Waals surface area contributed by atoms with E-state index in [1.807, 2.05) is 18.2 Å². The Labute approximate surface area is 214 Å². The lowest BCUT2D eigenvalue weighted by Gasteiger charge is -2.26. The summed E-state index contributed by atoms with van der Waals surface area (Å²) in [6.45, 7) is 4.16. The second kappa shape index (κ2) is 11.5. The van der Waals surface area contributed by atoms with Crippen molar-refractivity contribution in [2.75, 3.05) is 40.5 Å². The van der Waals surface area contributed by atoms with Gasteiger partial charge in [0, 0.05) is 6.54 Å². The number of benzene rings is 4. The van der Waals surface area contributed by atoms with Gasteiger partial charge in [-0.05, 0) is 102 Å². The molecule has 0 spiro atoms. The van der Waals surface area contributed by atoms with Gasteiger partial charge in [-0.15, -0.1) is 0 Å². The van der Waals surface area contributed by atoms with Crippen LogP contribution in [0.2, 0.25) is 0 Å². The average Bonchev–Trinajstić information content (AvgIpc) is 2.94. The lowest BCUT2D eigenvalue weighted by atomic mass is 9.90. The fourth-order valence-electron chi connectivity index (χ4n) is 5.11. The van der Waals surface area contributed by atoms with Crippen molar-refractivity contribution in [2.24, 2.45) is 0 Å². The lowest BCUT2D eigenvalue weighted by Crippen LogP contribution is -2.33. The number of hydrogen-bond acceptors (Lipinski definition) is 4. The highest BCUT2D eigenvalue weighted by Crippen LogP contribution is 2.34. The van der Waals surface area contributed by atoms with Crippen LogP contribution < -0.4 is 14.2 Å². The largest absolute Gasteiger partial charge is 0.497 e. The Hall–Kier alpha value is -3.50. The molecule has 0 unspecified atom stereocenters. The maximum absolute atomic E-state index is 6.06. The van der Waals surface area contributed by atoms with E-state index >= 15 is 0 Å². The molecule has 0 aromatic heterocycles. The monoisotopic (exact) mass is 481 g/mol. The van der Waals surface area contributed by atoms with Crippen molar-refractivity contribution in [3.63, 3.8) is 0 Å². The molecule has 0 aliphatic carbocycles. The van der Waals surface area contributed by atoms with Crippen LogP contribution in [0.15, 0.2) is 78.9 Å². The zero-order valence-electron chi connectivity index (χ0n) is 21.3. The summed E-state index contributed by atoms with van der Waals surface area (Å²) in [6, 6.07) is 27.6. The molecule has 1 fully saturated rings. The van der Waals surface area contributed by atoms with Gasteiger partial charge in [-0.3, -0.25) is 4.90 Å². The molecule has 4 aromatic rings. The standard InChI is InChI=1S/C32H35NO3/c1-34-27-13-8-25(9-14-27)30-16-10-26-23-29(35-2)15-17-31(26)32(30)22-24-6-11-28(12-7-24)36-21-20-33-18-4-3-5-19-33/h6-17,23H,3-5,18-22H2,1-2H3. The number of methoxy groups -OCH3 is 2. The zero-order chi connectivity index (χ0) is 24.7. The van der Waals surface area contributed by atoms with E-state index in [-0.39, 0.29) is 0 Å². The van der Waals surface area contributed by atoms with E-state index in [2.05, 4.69) is 65.6 Å². The predicted molar refractivity (Wildman–Crippen MR) is 148 cm³/mol. The quantitative estimate of drug-likeness (QED) is 0.258. The van der Waals surface area contributed by atoms with Crippen molar-refractivity contribution in [1.29, 1.82) is 0 Å². The molecule has 0 atom stereocenters. The molecular formula is C32H35NO3. The second-order valence-electron chi connectivity index (χ2n) is 9.48. The summed E-state index contributed by atoms with van der Waals surface area (Å²) in [6.07, 6.45) is 4.82. The third-order valence-corrected chi connectivity index (χ3v) is 7.17. The number of piperidine rings is 1. The van der Waals surface area contributed by atoms with E-state index in [1.54, 1.807) is 14.2 Å². The first-order valence-corrected chi connectivity index (χ1v) is 12.9. The predicted octanol–water partition coefficient (Wildman–Crippen LogP) is 6.98. The van der Waals surface area contributed by atoms with Gasteiger partial charge in [0.1, 0.15) is 23.9 Å². The number of ether oxygens (including phenoxy) is 3. The van der Waals surface area contributed by atoms with Crippen LogP contribution in [0.3, 0.4) is 0 Å². The molecule has 5 rings (SSSR count). The summed E-state index contributed by atoms with van der Waals surface area (Å²) in [7, 11) is 3.41. The van der Waals surface area contributed by atoms with Gasteiger partial charge < -0.3 is 14.2 Å². The molecule has 1 heterocycles. The van der Waals surface area contributed by atoms with Crippen molar-refractivity contribution in [2.45, 2.75) is 25.7 Å². The summed E-state index contributed by atoms with van der Waals surface area (Å²) < 4.78 is 16.9. The van der Waals surface area contributed by atoms with Gasteiger partial charge in [-0.1, -0.05) is 48.9 Å². The third-order valence-electron chi connectivity index (χ3n) is 7.17. The van der Waals surface area contributed by atoms with Gasteiger partial charge in [0.15, 0.2) is 0 Å². The molecule has 1 aliphatic rings. The van der Waals surface area contributed by atoms with Gasteiger partial charge in [-0.2, -0.15) is 0 Å². The molecule has 186 valence electrons. The van der Waals surface area contributed by atoms with Crippen LogP contribution in [-0.2, 0) is 6.42 Å². The summed E-state index contributed by atoms with van der Waals surface area (Å²) in [5, 5.41) is 2.42. The molecule has 0 saturated carbocycles. The minimum absolute atomic E-state index is 0.742. The first-order chi connectivity index (χ1) is 17.7. The van der Waals surface area contributed by atoms with E-state index in [0.29, 0.717) is 0 Å². The Balaban J connectivity index is 1.38. The van der Waals surface area contributed by atoms with E-state index in [1.165, 1.54) is 65.4 Å². The van der Waals surface area contributed by atoms with Crippen LogP contribution in [0.5, 0.6) is 17.2 Å². The molecule has 36 heavy (non-hydrogen) atoms. The molecular weight excluding hydrogens is 446 g/mol. The molecule has 1 saturated heterocycles. The first kappa shape index (κ1) is 24.2. The van der Waals surface area contributed by atoms with Gasteiger partial charge in [0.2, 0.25) is 0 Å². The lowest BCUT2D eigenvalue weighted by molar-refractivity contribution is 0.183. The number of nitrogens with zero attached hydrogens (tertiary/aromatic N) is 1. The van der Waals surface area contributed by atoms with E-state index < -0.39 is 0 Å². The number of fused-ring (bicyclic) bond motifs is 1. The average molecular weight is 482 g/mol. The Kier molecular flexibility index (Phi) is 7.73. The second-order valence-corrected chi connectivity index (χ2v) is 9.48. The molecule has 0 N–H and O–H groups in total. The van der Waals surface area contributed by atoms with Gasteiger partial charge in [0.05, 0.1) is 14.2 Å². The van der Waals surface area contributed by atoms with Crippen LogP contribution in [0.4, 0.5) is 0 Å². The minimum Gasteiger partial charge on any atom is -0.497 e. The van der Waals surface area contributed by atoms with Gasteiger partial charge in [-0.25, -0.2) is 0 Å². The Bertz CT molecular complexity index is 1280. The van der Waals surface area contributed by atoms with Crippen molar-refractivity contribution < 1.29 is 14.2 Å². The van der Waals surface area contributed by atoms with E-state index in [0.717, 1.165) is 36.8 Å². The van der Waals surface area contributed by atoms with Crippen molar-refractivity contribution in [1.82, 2.24) is 4.90 Å². The summed E-state index contributed by atoms with van der Waals surface area (Å²) in [4.78, 5) is 2.51. The van der Waals surface area contributed by atoms with Crippen LogP contribution in [0.25, 0.3) is 21.9 Å². The van der Waals surface area contributed by atoms with Crippen molar-refractivity contribution in [3.05, 3.63) is 90.0 Å². The SMILES string of the molecule is COc1ccc(-c2ccc3cc(OC)ccc3c2Cc2ccc(OCCN3CCCCC3)cc2)cc1. The van der Waals surface area contributed by atoms with Crippen LogP contribution in [0, 0.1) is 0 Å². The molecule has 0 amide bonds. The van der Waals surface area contributed by atoms with Gasteiger partial charge in [0.25, 0.3) is 0 Å². The van der Waals surface area contributed by atoms with E-state index in [4.69, 9.17) is 14.2 Å². The molecule has 4 nitrogen and oxygen atoms in total. The molecule has 0 bridgehead atoms. The summed E-state index contributed by atoms with van der Waals surface area (Å²) in [5.74, 6) is 2.67. The summed E-state index contributed by atoms with van der Waals surface area (Å²) >= 11 is 0.